The minimum Gasteiger partial charge on any atom is -0.508 e. The van der Waals surface area contributed by atoms with E-state index in [0.717, 1.165) is 0 Å². The Balaban J connectivity index is 2.14. The van der Waals surface area contributed by atoms with Crippen LogP contribution in [0.3, 0.4) is 0 Å². The van der Waals surface area contributed by atoms with Crippen LogP contribution in [0.25, 0.3) is 0 Å². The second-order valence-electron chi connectivity index (χ2n) is 5.42. The highest BCUT2D eigenvalue weighted by molar-refractivity contribution is 9.11. The summed E-state index contributed by atoms with van der Waals surface area (Å²) in [5, 5.41) is 19.5. The topological polar surface area (TPSA) is 66.8 Å². The SMILES string of the molecule is CC1(Br)C(=O)c2cc(O)ccc2OC1c1cc(Br)c(O)c(Br)c1. The summed E-state index contributed by atoms with van der Waals surface area (Å²) in [5.41, 5.74) is 1.05. The fourth-order valence-electron chi connectivity index (χ4n) is 2.54. The van der Waals surface area contributed by atoms with E-state index in [0.29, 0.717) is 25.8 Å². The van der Waals surface area contributed by atoms with Crippen LogP contribution in [0.4, 0.5) is 0 Å². The first-order valence-corrected chi connectivity index (χ1v) is 9.01. The molecule has 2 aromatic carbocycles. The summed E-state index contributed by atoms with van der Waals surface area (Å²) in [6, 6.07) is 7.87. The van der Waals surface area contributed by atoms with E-state index in [2.05, 4.69) is 47.8 Å². The van der Waals surface area contributed by atoms with E-state index in [1.807, 2.05) is 0 Å². The molecule has 0 fully saturated rings. The molecule has 0 saturated carbocycles. The third-order valence-corrected chi connectivity index (χ3v) is 5.72. The normalized spacial score (nSPS) is 23.3. The number of hydrogen-bond acceptors (Lipinski definition) is 4. The van der Waals surface area contributed by atoms with Gasteiger partial charge in [0.1, 0.15) is 27.7 Å². The number of fused-ring (bicyclic) bond motifs is 1. The Morgan fingerprint density at radius 3 is 2.35 bits per heavy atom. The molecule has 3 rings (SSSR count). The Morgan fingerprint density at radius 1 is 1.13 bits per heavy atom. The number of phenolic OH excluding ortho intramolecular Hbond substituents is 2. The molecule has 0 saturated heterocycles. The van der Waals surface area contributed by atoms with Crippen LogP contribution >= 0.6 is 47.8 Å². The molecule has 1 aliphatic heterocycles. The van der Waals surface area contributed by atoms with Crippen molar-refractivity contribution in [3.05, 3.63) is 50.4 Å². The average Bonchev–Trinajstić information content (AvgIpc) is 2.48. The highest BCUT2D eigenvalue weighted by Crippen LogP contribution is 2.48. The molecule has 0 bridgehead atoms. The molecule has 0 spiro atoms. The molecule has 1 aliphatic rings. The number of benzene rings is 2. The lowest BCUT2D eigenvalue weighted by molar-refractivity contribution is 0.0765. The quantitative estimate of drug-likeness (QED) is 0.529. The molecule has 0 aromatic heterocycles. The molecule has 2 aromatic rings. The van der Waals surface area contributed by atoms with Gasteiger partial charge in [0.15, 0.2) is 5.78 Å². The van der Waals surface area contributed by atoms with Crippen molar-refractivity contribution in [3.63, 3.8) is 0 Å². The van der Waals surface area contributed by atoms with Crippen LogP contribution in [-0.2, 0) is 0 Å². The number of ether oxygens (including phenoxy) is 1. The number of hydrogen-bond donors (Lipinski definition) is 2. The van der Waals surface area contributed by atoms with Gasteiger partial charge >= 0.3 is 0 Å². The molecular formula is C16H11Br3O4. The number of rotatable bonds is 1. The molecule has 0 amide bonds. The lowest BCUT2D eigenvalue weighted by Gasteiger charge is -2.37. The van der Waals surface area contributed by atoms with Crippen molar-refractivity contribution >= 4 is 53.6 Å². The maximum atomic E-state index is 12.8. The first-order valence-electron chi connectivity index (χ1n) is 6.63. The number of halogens is 3. The van der Waals surface area contributed by atoms with Crippen molar-refractivity contribution in [2.75, 3.05) is 0 Å². The van der Waals surface area contributed by atoms with Crippen LogP contribution in [0.2, 0.25) is 0 Å². The van der Waals surface area contributed by atoms with Crippen LogP contribution in [0.15, 0.2) is 39.3 Å². The van der Waals surface area contributed by atoms with E-state index in [1.165, 1.54) is 12.1 Å². The van der Waals surface area contributed by atoms with Gasteiger partial charge < -0.3 is 14.9 Å². The van der Waals surface area contributed by atoms with Gasteiger partial charge in [0, 0.05) is 0 Å². The monoisotopic (exact) mass is 504 g/mol. The summed E-state index contributed by atoms with van der Waals surface area (Å²) in [4.78, 5) is 12.8. The number of ketones is 1. The summed E-state index contributed by atoms with van der Waals surface area (Å²) < 4.78 is 5.99. The second-order valence-corrected chi connectivity index (χ2v) is 8.77. The first-order chi connectivity index (χ1) is 10.7. The van der Waals surface area contributed by atoms with E-state index in [4.69, 9.17) is 4.74 Å². The van der Waals surface area contributed by atoms with Crippen molar-refractivity contribution < 1.29 is 19.7 Å². The third kappa shape index (κ3) is 2.79. The second kappa shape index (κ2) is 5.79. The summed E-state index contributed by atoms with van der Waals surface area (Å²) >= 11 is 10.1. The number of aromatic hydroxyl groups is 2. The molecule has 120 valence electrons. The van der Waals surface area contributed by atoms with E-state index in [1.54, 1.807) is 25.1 Å². The molecule has 2 atom stereocenters. The van der Waals surface area contributed by atoms with Crippen molar-refractivity contribution in [3.8, 4) is 17.2 Å². The Labute approximate surface area is 157 Å². The Morgan fingerprint density at radius 2 is 1.74 bits per heavy atom. The lowest BCUT2D eigenvalue weighted by atomic mass is 9.86. The minimum absolute atomic E-state index is 0.0116. The van der Waals surface area contributed by atoms with Gasteiger partial charge in [-0.05, 0) is 74.7 Å². The molecule has 2 unspecified atom stereocenters. The molecule has 0 aliphatic carbocycles. The van der Waals surface area contributed by atoms with Gasteiger partial charge in [-0.3, -0.25) is 4.79 Å². The average molecular weight is 507 g/mol. The molecule has 7 heteroatoms. The third-order valence-electron chi connectivity index (χ3n) is 3.73. The largest absolute Gasteiger partial charge is 0.508 e. The number of carbonyl (C=O) groups excluding carboxylic acids is 1. The van der Waals surface area contributed by atoms with E-state index in [-0.39, 0.29) is 17.3 Å². The van der Waals surface area contributed by atoms with Gasteiger partial charge in [-0.2, -0.15) is 0 Å². The van der Waals surface area contributed by atoms with E-state index >= 15 is 0 Å². The van der Waals surface area contributed by atoms with Crippen LogP contribution in [-0.4, -0.2) is 20.3 Å². The van der Waals surface area contributed by atoms with Gasteiger partial charge in [0.25, 0.3) is 0 Å². The van der Waals surface area contributed by atoms with Crippen molar-refractivity contribution in [2.24, 2.45) is 0 Å². The number of carbonyl (C=O) groups is 1. The predicted molar refractivity (Wildman–Crippen MR) is 96.6 cm³/mol. The molecule has 2 N–H and O–H groups in total. The van der Waals surface area contributed by atoms with Crippen LogP contribution < -0.4 is 4.74 Å². The summed E-state index contributed by atoms with van der Waals surface area (Å²) in [6.45, 7) is 1.72. The zero-order valence-corrected chi connectivity index (χ0v) is 16.6. The van der Waals surface area contributed by atoms with E-state index < -0.39 is 10.4 Å². The summed E-state index contributed by atoms with van der Waals surface area (Å²) in [7, 11) is 0. The fourth-order valence-corrected chi connectivity index (χ4v) is 4.33. The van der Waals surface area contributed by atoms with Gasteiger partial charge in [0.05, 0.1) is 14.5 Å². The van der Waals surface area contributed by atoms with Gasteiger partial charge in [-0.15, -0.1) is 0 Å². The van der Waals surface area contributed by atoms with Crippen molar-refractivity contribution in [1.29, 1.82) is 0 Å². The molecule has 1 heterocycles. The predicted octanol–water partition coefficient (Wildman–Crippen LogP) is 5.09. The van der Waals surface area contributed by atoms with Crippen LogP contribution in [0.5, 0.6) is 17.2 Å². The Bertz CT molecular complexity index is 794. The highest BCUT2D eigenvalue weighted by atomic mass is 79.9. The van der Waals surface area contributed by atoms with Gasteiger partial charge in [-0.1, -0.05) is 15.9 Å². The molecule has 0 radical (unpaired) electrons. The zero-order valence-electron chi connectivity index (χ0n) is 11.8. The smallest absolute Gasteiger partial charge is 0.187 e. The molecular weight excluding hydrogens is 496 g/mol. The highest BCUT2D eigenvalue weighted by Gasteiger charge is 2.47. The number of Topliss-reactive ketones (excluding diaryl/α,β-unsaturated/α-hetero) is 1. The van der Waals surface area contributed by atoms with Crippen molar-refractivity contribution in [2.45, 2.75) is 17.4 Å². The lowest BCUT2D eigenvalue weighted by Crippen LogP contribution is -2.42. The van der Waals surface area contributed by atoms with Gasteiger partial charge in [0.2, 0.25) is 0 Å². The summed E-state index contributed by atoms with van der Waals surface area (Å²) in [6.07, 6.45) is -0.597. The molecule has 23 heavy (non-hydrogen) atoms. The van der Waals surface area contributed by atoms with Crippen molar-refractivity contribution in [1.82, 2.24) is 0 Å². The zero-order chi connectivity index (χ0) is 16.9. The maximum absolute atomic E-state index is 12.8. The number of phenols is 2. The summed E-state index contributed by atoms with van der Waals surface area (Å²) in [5.74, 6) is 0.324. The Hall–Kier alpha value is -1.05. The Kier molecular flexibility index (Phi) is 4.23. The first kappa shape index (κ1) is 16.8. The fraction of sp³-hybridized carbons (Fsp3) is 0.188. The standard InChI is InChI=1S/C16H11Br3O4/c1-16(19)14(22)9-6-8(20)2-3-12(9)23-15(16)7-4-10(17)13(21)11(18)5-7/h2-6,15,20-21H,1H3. The van der Waals surface area contributed by atoms with E-state index in [9.17, 15) is 15.0 Å². The molecule has 4 nitrogen and oxygen atoms in total. The minimum atomic E-state index is -1.01. The van der Waals surface area contributed by atoms with Crippen LogP contribution in [0, 0.1) is 0 Å². The van der Waals surface area contributed by atoms with Gasteiger partial charge in [-0.25, -0.2) is 0 Å². The van der Waals surface area contributed by atoms with Crippen LogP contribution in [0.1, 0.15) is 28.9 Å². The maximum Gasteiger partial charge on any atom is 0.187 e. The number of alkyl halides is 1.